The number of benzene rings is 2. The summed E-state index contributed by atoms with van der Waals surface area (Å²) in [5.74, 6) is -1.30. The van der Waals surface area contributed by atoms with Gasteiger partial charge in [-0.3, -0.25) is 9.89 Å². The minimum absolute atomic E-state index is 0.266. The maximum Gasteiger partial charge on any atom is 0.258 e. The number of hydrogen-bond donors (Lipinski definition) is 2. The number of hydrogen-bond acceptors (Lipinski definition) is 4. The Balaban J connectivity index is 2.03. The number of nitrogens with one attached hydrogen (secondary N) is 2. The third-order valence-corrected chi connectivity index (χ3v) is 4.27. The number of ether oxygens (including phenoxy) is 2. The molecule has 8 heteroatoms. The number of aromatic amines is 1. The third-order valence-electron chi connectivity index (χ3n) is 4.27. The van der Waals surface area contributed by atoms with Crippen molar-refractivity contribution in [1.29, 1.82) is 0 Å². The molecule has 3 rings (SSSR count). The summed E-state index contributed by atoms with van der Waals surface area (Å²) in [5, 5.41) is 9.85. The molecular formula is C20H19F2N3O3. The normalized spacial score (nSPS) is 10.6. The van der Waals surface area contributed by atoms with Crippen LogP contribution in [0, 0.1) is 11.6 Å². The molecule has 0 aliphatic heterocycles. The van der Waals surface area contributed by atoms with Crippen LogP contribution in [0.1, 0.15) is 23.0 Å². The first kappa shape index (κ1) is 19.3. The molecule has 28 heavy (non-hydrogen) atoms. The maximum absolute atomic E-state index is 14.0. The van der Waals surface area contributed by atoms with E-state index in [-0.39, 0.29) is 5.56 Å². The molecule has 1 heterocycles. The van der Waals surface area contributed by atoms with E-state index in [1.807, 2.05) is 6.92 Å². The fraction of sp³-hybridized carbons (Fsp3) is 0.200. The number of amides is 1. The van der Waals surface area contributed by atoms with Crippen LogP contribution >= 0.6 is 0 Å². The third kappa shape index (κ3) is 3.66. The molecule has 0 radical (unpaired) electrons. The molecule has 0 spiro atoms. The van der Waals surface area contributed by atoms with Gasteiger partial charge in [0.25, 0.3) is 5.91 Å². The van der Waals surface area contributed by atoms with E-state index in [0.717, 1.165) is 12.1 Å². The van der Waals surface area contributed by atoms with E-state index in [9.17, 15) is 13.6 Å². The monoisotopic (exact) mass is 387 g/mol. The van der Waals surface area contributed by atoms with Crippen LogP contribution in [0.25, 0.3) is 11.3 Å². The Morgan fingerprint density at radius 2 is 1.93 bits per heavy atom. The molecule has 0 saturated heterocycles. The first-order chi connectivity index (χ1) is 13.5. The quantitative estimate of drug-likeness (QED) is 0.665. The first-order valence-corrected chi connectivity index (χ1v) is 8.54. The summed E-state index contributed by atoms with van der Waals surface area (Å²) in [4.78, 5) is 12.6. The fourth-order valence-electron chi connectivity index (χ4n) is 2.81. The predicted octanol–water partition coefficient (Wildman–Crippen LogP) is 4.19. The van der Waals surface area contributed by atoms with Gasteiger partial charge in [0.2, 0.25) is 0 Å². The number of anilines is 1. The van der Waals surface area contributed by atoms with Crippen molar-refractivity contribution in [2.45, 2.75) is 13.3 Å². The second kappa shape index (κ2) is 8.08. The molecule has 0 unspecified atom stereocenters. The highest BCUT2D eigenvalue weighted by atomic mass is 19.1. The van der Waals surface area contributed by atoms with E-state index >= 15 is 0 Å². The van der Waals surface area contributed by atoms with Gasteiger partial charge in [-0.15, -0.1) is 0 Å². The summed E-state index contributed by atoms with van der Waals surface area (Å²) >= 11 is 0. The molecule has 1 amide bonds. The number of carbonyl (C=O) groups excluding carboxylic acids is 1. The highest BCUT2D eigenvalue weighted by Gasteiger charge is 2.21. The standard InChI is InChI=1S/C20H19F2N3O3/c1-4-16-19(23-20(26)13-7-5-11(21)9-15(13)22)18(25-24-16)14-8-6-12(27-2)10-17(14)28-3/h5-10H,4H2,1-3H3,(H,23,26)(H,24,25). The highest BCUT2D eigenvalue weighted by molar-refractivity contribution is 6.06. The van der Waals surface area contributed by atoms with Gasteiger partial charge < -0.3 is 14.8 Å². The molecule has 0 saturated carbocycles. The Morgan fingerprint density at radius 3 is 2.57 bits per heavy atom. The predicted molar refractivity (Wildman–Crippen MR) is 101 cm³/mol. The Kier molecular flexibility index (Phi) is 5.58. The lowest BCUT2D eigenvalue weighted by Gasteiger charge is -2.12. The molecule has 2 aromatic carbocycles. The number of carbonyl (C=O) groups is 1. The molecule has 0 aliphatic carbocycles. The Bertz CT molecular complexity index is 1020. The molecule has 0 fully saturated rings. The van der Waals surface area contributed by atoms with E-state index in [1.165, 1.54) is 7.11 Å². The molecule has 6 nitrogen and oxygen atoms in total. The van der Waals surface area contributed by atoms with Gasteiger partial charge in [-0.1, -0.05) is 6.92 Å². The van der Waals surface area contributed by atoms with E-state index in [0.29, 0.717) is 46.6 Å². The molecular weight excluding hydrogens is 368 g/mol. The maximum atomic E-state index is 14.0. The van der Waals surface area contributed by atoms with Gasteiger partial charge in [0.1, 0.15) is 28.8 Å². The van der Waals surface area contributed by atoms with Crippen LogP contribution in [0.5, 0.6) is 11.5 Å². The summed E-state index contributed by atoms with van der Waals surface area (Å²) in [6, 6.07) is 7.98. The van der Waals surface area contributed by atoms with Crippen molar-refractivity contribution in [3.63, 3.8) is 0 Å². The van der Waals surface area contributed by atoms with Gasteiger partial charge in [0.15, 0.2) is 0 Å². The lowest BCUT2D eigenvalue weighted by molar-refractivity contribution is 0.102. The fourth-order valence-corrected chi connectivity index (χ4v) is 2.81. The number of H-pyrrole nitrogens is 1. The number of aryl methyl sites for hydroxylation is 1. The van der Waals surface area contributed by atoms with Gasteiger partial charge in [0, 0.05) is 17.7 Å². The van der Waals surface area contributed by atoms with Crippen LogP contribution in [0.3, 0.4) is 0 Å². The van der Waals surface area contributed by atoms with Crippen LogP contribution in [0.4, 0.5) is 14.5 Å². The number of rotatable bonds is 6. The largest absolute Gasteiger partial charge is 0.497 e. The van der Waals surface area contributed by atoms with E-state index < -0.39 is 17.5 Å². The zero-order valence-electron chi connectivity index (χ0n) is 15.6. The average molecular weight is 387 g/mol. The summed E-state index contributed by atoms with van der Waals surface area (Å²) in [6.45, 7) is 1.89. The van der Waals surface area contributed by atoms with Gasteiger partial charge in [-0.25, -0.2) is 8.78 Å². The molecule has 2 N–H and O–H groups in total. The second-order valence-electron chi connectivity index (χ2n) is 5.92. The van der Waals surface area contributed by atoms with Crippen molar-refractivity contribution < 1.29 is 23.0 Å². The smallest absolute Gasteiger partial charge is 0.258 e. The molecule has 1 aromatic heterocycles. The minimum Gasteiger partial charge on any atom is -0.497 e. The average Bonchev–Trinajstić information content (AvgIpc) is 3.09. The number of aromatic nitrogens is 2. The summed E-state index contributed by atoms with van der Waals surface area (Å²) in [7, 11) is 3.05. The number of methoxy groups -OCH3 is 2. The van der Waals surface area contributed by atoms with Gasteiger partial charge in [0.05, 0.1) is 31.2 Å². The topological polar surface area (TPSA) is 76.2 Å². The minimum atomic E-state index is -0.942. The van der Waals surface area contributed by atoms with Crippen molar-refractivity contribution in [3.8, 4) is 22.8 Å². The lowest BCUT2D eigenvalue weighted by Crippen LogP contribution is -2.15. The lowest BCUT2D eigenvalue weighted by atomic mass is 10.1. The molecule has 3 aromatic rings. The van der Waals surface area contributed by atoms with E-state index in [1.54, 1.807) is 25.3 Å². The molecule has 0 aliphatic rings. The van der Waals surface area contributed by atoms with Crippen LogP contribution in [-0.2, 0) is 6.42 Å². The molecule has 0 bridgehead atoms. The van der Waals surface area contributed by atoms with Crippen LogP contribution < -0.4 is 14.8 Å². The van der Waals surface area contributed by atoms with Crippen molar-refractivity contribution in [2.75, 3.05) is 19.5 Å². The SMILES string of the molecule is CCc1[nH]nc(-c2ccc(OC)cc2OC)c1NC(=O)c1ccc(F)cc1F. The Hall–Kier alpha value is -3.42. The van der Waals surface area contributed by atoms with Crippen molar-refractivity contribution >= 4 is 11.6 Å². The molecule has 0 atom stereocenters. The summed E-state index contributed by atoms with van der Waals surface area (Å²) < 4.78 is 37.7. The zero-order chi connectivity index (χ0) is 20.3. The first-order valence-electron chi connectivity index (χ1n) is 8.54. The second-order valence-corrected chi connectivity index (χ2v) is 5.92. The van der Waals surface area contributed by atoms with E-state index in [2.05, 4.69) is 15.5 Å². The summed E-state index contributed by atoms with van der Waals surface area (Å²) in [6.07, 6.45) is 0.549. The highest BCUT2D eigenvalue weighted by Crippen LogP contribution is 2.37. The van der Waals surface area contributed by atoms with Gasteiger partial charge in [-0.05, 0) is 30.7 Å². The Morgan fingerprint density at radius 1 is 1.14 bits per heavy atom. The zero-order valence-corrected chi connectivity index (χ0v) is 15.6. The van der Waals surface area contributed by atoms with Crippen molar-refractivity contribution in [2.24, 2.45) is 0 Å². The number of halogens is 2. The van der Waals surface area contributed by atoms with Crippen molar-refractivity contribution in [3.05, 3.63) is 59.3 Å². The van der Waals surface area contributed by atoms with Crippen LogP contribution in [0.15, 0.2) is 36.4 Å². The Labute approximate surface area is 160 Å². The van der Waals surface area contributed by atoms with E-state index in [4.69, 9.17) is 9.47 Å². The molecule has 146 valence electrons. The van der Waals surface area contributed by atoms with Gasteiger partial charge >= 0.3 is 0 Å². The van der Waals surface area contributed by atoms with Crippen LogP contribution in [0.2, 0.25) is 0 Å². The number of nitrogens with zero attached hydrogens (tertiary/aromatic N) is 1. The summed E-state index contributed by atoms with van der Waals surface area (Å²) in [5.41, 5.74) is 1.85. The van der Waals surface area contributed by atoms with Crippen LogP contribution in [-0.4, -0.2) is 30.3 Å². The van der Waals surface area contributed by atoms with Crippen molar-refractivity contribution in [1.82, 2.24) is 10.2 Å². The van der Waals surface area contributed by atoms with Gasteiger partial charge in [-0.2, -0.15) is 5.10 Å².